The van der Waals surface area contributed by atoms with E-state index in [1.54, 1.807) is 0 Å². The van der Waals surface area contributed by atoms with Gasteiger partial charge in [-0.05, 0) is 43.3 Å². The van der Waals surface area contributed by atoms with E-state index in [0.29, 0.717) is 0 Å². The zero-order valence-electron chi connectivity index (χ0n) is 17.4. The second-order valence-electron chi connectivity index (χ2n) is 7.02. The van der Waals surface area contributed by atoms with E-state index in [-0.39, 0.29) is 0 Å². The van der Waals surface area contributed by atoms with Crippen LogP contribution in [0.5, 0.6) is 0 Å². The molecule has 0 aliphatic rings. The van der Waals surface area contributed by atoms with Crippen LogP contribution in [0.15, 0.2) is 99.5 Å². The smallest absolute Gasteiger partial charge is 0.151 e. The molecule has 0 aliphatic carbocycles. The Kier molecular flexibility index (Phi) is 5.61. The van der Waals surface area contributed by atoms with Crippen molar-refractivity contribution in [3.05, 3.63) is 96.3 Å². The number of hydrogen-bond donors (Lipinski definition) is 0. The van der Waals surface area contributed by atoms with Gasteiger partial charge in [-0.1, -0.05) is 48.5 Å². The first-order chi connectivity index (χ1) is 14.6. The quantitative estimate of drug-likeness (QED) is 0.307. The predicted octanol–water partition coefficient (Wildman–Crippen LogP) is 5.76. The fourth-order valence-corrected chi connectivity index (χ4v) is 3.20. The Morgan fingerprint density at radius 2 is 1.43 bits per heavy atom. The first kappa shape index (κ1) is 19.5. The Morgan fingerprint density at radius 3 is 2.10 bits per heavy atom. The minimum Gasteiger partial charge on any atom is -0.454 e. The first-order valence-corrected chi connectivity index (χ1v) is 9.81. The number of fused-ring (bicyclic) bond motifs is 1. The molecule has 0 fully saturated rings. The normalized spacial score (nSPS) is 11.9. The Balaban J connectivity index is 1.60. The molecular formula is C25H24N4O. The van der Waals surface area contributed by atoms with Gasteiger partial charge in [0.1, 0.15) is 11.3 Å². The average Bonchev–Trinajstić information content (AvgIpc) is 3.24. The molecule has 0 saturated carbocycles. The van der Waals surface area contributed by atoms with Crippen molar-refractivity contribution in [3.8, 4) is 0 Å². The highest BCUT2D eigenvalue weighted by molar-refractivity contribution is 6.03. The van der Waals surface area contributed by atoms with Crippen LogP contribution in [-0.2, 0) is 0 Å². The molecule has 0 bridgehead atoms. The number of anilines is 2. The van der Waals surface area contributed by atoms with Gasteiger partial charge in [0.15, 0.2) is 5.76 Å². The lowest BCUT2D eigenvalue weighted by Gasteiger charge is -2.13. The van der Waals surface area contributed by atoms with Crippen molar-refractivity contribution in [2.45, 2.75) is 6.92 Å². The second-order valence-corrected chi connectivity index (χ2v) is 7.02. The number of para-hydroxylation sites is 3. The summed E-state index contributed by atoms with van der Waals surface area (Å²) in [4.78, 5) is 0. The second kappa shape index (κ2) is 8.66. The predicted molar refractivity (Wildman–Crippen MR) is 126 cm³/mol. The number of hydrogen-bond acceptors (Lipinski definition) is 5. The van der Waals surface area contributed by atoms with Crippen LogP contribution in [0.4, 0.5) is 11.4 Å². The van der Waals surface area contributed by atoms with Gasteiger partial charge in [0, 0.05) is 25.0 Å². The lowest BCUT2D eigenvalue weighted by atomic mass is 10.1. The number of nitrogens with zero attached hydrogens (tertiary/aromatic N) is 4. The van der Waals surface area contributed by atoms with Crippen LogP contribution in [0.25, 0.3) is 11.0 Å². The molecule has 5 nitrogen and oxygen atoms in total. The average molecular weight is 396 g/mol. The first-order valence-electron chi connectivity index (χ1n) is 9.81. The highest BCUT2D eigenvalue weighted by Gasteiger charge is 2.11. The minimum absolute atomic E-state index is 0.741. The third-order valence-corrected chi connectivity index (χ3v) is 4.86. The summed E-state index contributed by atoms with van der Waals surface area (Å²) < 4.78 is 6.17. The number of benzene rings is 3. The van der Waals surface area contributed by atoms with E-state index in [9.17, 15) is 0 Å². The van der Waals surface area contributed by atoms with Crippen LogP contribution in [0.1, 0.15) is 18.2 Å². The van der Waals surface area contributed by atoms with Crippen molar-refractivity contribution < 1.29 is 4.42 Å². The van der Waals surface area contributed by atoms with E-state index < -0.39 is 0 Å². The third kappa shape index (κ3) is 4.25. The van der Waals surface area contributed by atoms with E-state index in [4.69, 9.17) is 4.42 Å². The molecule has 0 amide bonds. The van der Waals surface area contributed by atoms with Crippen molar-refractivity contribution in [3.63, 3.8) is 0 Å². The number of hydrazone groups is 2. The van der Waals surface area contributed by atoms with E-state index in [2.05, 4.69) is 10.2 Å². The molecular weight excluding hydrogens is 372 g/mol. The zero-order valence-corrected chi connectivity index (χ0v) is 17.4. The summed E-state index contributed by atoms with van der Waals surface area (Å²) in [5.74, 6) is 0.741. The third-order valence-electron chi connectivity index (χ3n) is 4.86. The van der Waals surface area contributed by atoms with Gasteiger partial charge < -0.3 is 4.42 Å². The summed E-state index contributed by atoms with van der Waals surface area (Å²) in [5.41, 5.74) is 4.57. The van der Waals surface area contributed by atoms with Gasteiger partial charge in [-0.25, -0.2) is 0 Å². The molecule has 3 aromatic carbocycles. The van der Waals surface area contributed by atoms with Gasteiger partial charge in [-0.3, -0.25) is 10.0 Å². The SMILES string of the molecule is CC(=NN(C)c1ccccc1)c1cc2cccc(C=NN(C)c3ccccc3)c2o1. The lowest BCUT2D eigenvalue weighted by Crippen LogP contribution is -2.11. The van der Waals surface area contributed by atoms with E-state index in [0.717, 1.165) is 39.4 Å². The number of furan rings is 1. The van der Waals surface area contributed by atoms with Gasteiger partial charge in [-0.2, -0.15) is 10.2 Å². The summed E-state index contributed by atoms with van der Waals surface area (Å²) in [6.45, 7) is 1.95. The maximum absolute atomic E-state index is 6.17. The zero-order chi connectivity index (χ0) is 20.9. The maximum Gasteiger partial charge on any atom is 0.151 e. The van der Waals surface area contributed by atoms with Gasteiger partial charge in [-0.15, -0.1) is 0 Å². The summed E-state index contributed by atoms with van der Waals surface area (Å²) >= 11 is 0. The Morgan fingerprint density at radius 1 is 0.800 bits per heavy atom. The van der Waals surface area contributed by atoms with E-state index >= 15 is 0 Å². The van der Waals surface area contributed by atoms with Crippen molar-refractivity contribution >= 4 is 34.3 Å². The summed E-state index contributed by atoms with van der Waals surface area (Å²) in [6.07, 6.45) is 1.82. The van der Waals surface area contributed by atoms with E-state index in [1.807, 2.05) is 122 Å². The summed E-state index contributed by atoms with van der Waals surface area (Å²) in [6, 6.07) is 28.1. The van der Waals surface area contributed by atoms with Gasteiger partial charge in [0.2, 0.25) is 0 Å². The maximum atomic E-state index is 6.17. The molecule has 4 aromatic rings. The number of rotatable bonds is 6. The van der Waals surface area contributed by atoms with Crippen molar-refractivity contribution in [2.24, 2.45) is 10.2 Å². The van der Waals surface area contributed by atoms with Gasteiger partial charge in [0.25, 0.3) is 0 Å². The highest BCUT2D eigenvalue weighted by Crippen LogP contribution is 2.24. The Hall–Kier alpha value is -3.86. The summed E-state index contributed by atoms with van der Waals surface area (Å²) in [7, 11) is 3.86. The molecule has 0 saturated heterocycles. The van der Waals surface area contributed by atoms with Crippen molar-refractivity contribution in [1.82, 2.24) is 0 Å². The Labute approximate surface area is 176 Å². The molecule has 0 spiro atoms. The largest absolute Gasteiger partial charge is 0.454 e. The molecule has 5 heteroatoms. The molecule has 150 valence electrons. The highest BCUT2D eigenvalue weighted by atomic mass is 16.3. The van der Waals surface area contributed by atoms with Crippen molar-refractivity contribution in [2.75, 3.05) is 24.1 Å². The van der Waals surface area contributed by atoms with Gasteiger partial charge >= 0.3 is 0 Å². The van der Waals surface area contributed by atoms with Crippen LogP contribution in [0, 0.1) is 0 Å². The van der Waals surface area contributed by atoms with E-state index in [1.165, 1.54) is 0 Å². The molecule has 0 atom stereocenters. The molecule has 1 aromatic heterocycles. The van der Waals surface area contributed by atoms with Crippen molar-refractivity contribution in [1.29, 1.82) is 0 Å². The fourth-order valence-electron chi connectivity index (χ4n) is 3.20. The fraction of sp³-hybridized carbons (Fsp3) is 0.120. The Bertz CT molecular complexity index is 1180. The van der Waals surface area contributed by atoms with Crippen LogP contribution in [0.3, 0.4) is 0 Å². The topological polar surface area (TPSA) is 44.3 Å². The van der Waals surface area contributed by atoms with Crippen LogP contribution in [0.2, 0.25) is 0 Å². The molecule has 0 radical (unpaired) electrons. The van der Waals surface area contributed by atoms with Crippen LogP contribution >= 0.6 is 0 Å². The van der Waals surface area contributed by atoms with Crippen LogP contribution in [-0.4, -0.2) is 26.0 Å². The summed E-state index contributed by atoms with van der Waals surface area (Å²) in [5, 5.41) is 13.9. The molecule has 30 heavy (non-hydrogen) atoms. The molecule has 0 aliphatic heterocycles. The molecule has 4 rings (SSSR count). The van der Waals surface area contributed by atoms with Gasteiger partial charge in [0.05, 0.1) is 17.6 Å². The van der Waals surface area contributed by atoms with Crippen LogP contribution < -0.4 is 10.0 Å². The minimum atomic E-state index is 0.741. The molecule has 0 unspecified atom stereocenters. The monoisotopic (exact) mass is 396 g/mol. The molecule has 1 heterocycles. The standard InChI is InChI=1S/C25H24N4O/c1-19(27-29(3)23-15-8-5-9-16-23)24-17-20-11-10-12-21(25(20)30-24)18-26-28(2)22-13-6-4-7-14-22/h4-18H,1-3H3. The lowest BCUT2D eigenvalue weighted by molar-refractivity contribution is 0.603. The molecule has 0 N–H and O–H groups in total.